The molecule has 1 saturated heterocycles. The van der Waals surface area contributed by atoms with Crippen LogP contribution in [0.4, 0.5) is 0 Å². The Hall–Kier alpha value is -0.910. The third kappa shape index (κ3) is 2.36. The molecule has 1 heterocycles. The van der Waals surface area contributed by atoms with E-state index in [-0.39, 0.29) is 18.6 Å². The van der Waals surface area contributed by atoms with Gasteiger partial charge in [0, 0.05) is 19.2 Å². The molecule has 0 bridgehead atoms. The van der Waals surface area contributed by atoms with Gasteiger partial charge in [-0.25, -0.2) is 8.42 Å². The Bertz CT molecular complexity index is 495. The molecule has 0 aliphatic carbocycles. The number of hydrogen-bond donors (Lipinski definition) is 1. The molecule has 2 rings (SSSR count). The highest BCUT2D eigenvalue weighted by molar-refractivity contribution is 7.89. The fourth-order valence-corrected chi connectivity index (χ4v) is 3.51. The molecule has 1 aromatic rings. The lowest BCUT2D eigenvalue weighted by Crippen LogP contribution is -2.19. The van der Waals surface area contributed by atoms with Crippen molar-refractivity contribution in [2.45, 2.75) is 24.8 Å². The molecule has 4 nitrogen and oxygen atoms in total. The molecule has 0 amide bonds. The lowest BCUT2D eigenvalue weighted by Gasteiger charge is -2.09. The number of benzene rings is 1. The summed E-state index contributed by atoms with van der Waals surface area (Å²) in [6.07, 6.45) is 0. The van der Waals surface area contributed by atoms with Crippen LogP contribution in [-0.4, -0.2) is 37.0 Å². The van der Waals surface area contributed by atoms with Crippen LogP contribution in [0.2, 0.25) is 0 Å². The van der Waals surface area contributed by atoms with Crippen molar-refractivity contribution in [3.8, 4) is 0 Å². The summed E-state index contributed by atoms with van der Waals surface area (Å²) in [6.45, 7) is 4.31. The zero-order chi connectivity index (χ0) is 12.6. The van der Waals surface area contributed by atoms with Gasteiger partial charge in [0.25, 0.3) is 0 Å². The molecule has 17 heavy (non-hydrogen) atoms. The van der Waals surface area contributed by atoms with Crippen LogP contribution in [0.3, 0.4) is 0 Å². The Balaban J connectivity index is 2.19. The zero-order valence-electron chi connectivity index (χ0n) is 10.00. The predicted molar refractivity (Wildman–Crippen MR) is 65.1 cm³/mol. The van der Waals surface area contributed by atoms with E-state index in [4.69, 9.17) is 5.11 Å². The summed E-state index contributed by atoms with van der Waals surface area (Å²) in [7, 11) is -3.36. The maximum absolute atomic E-state index is 12.2. The molecule has 0 radical (unpaired) electrons. The van der Waals surface area contributed by atoms with Crippen molar-refractivity contribution < 1.29 is 13.5 Å². The first-order valence-electron chi connectivity index (χ1n) is 5.66. The van der Waals surface area contributed by atoms with Crippen molar-refractivity contribution >= 4 is 10.0 Å². The number of nitrogens with zero attached hydrogens (tertiary/aromatic N) is 1. The highest BCUT2D eigenvalue weighted by atomic mass is 32.2. The molecule has 0 aromatic heterocycles. The number of sulfonamides is 1. The van der Waals surface area contributed by atoms with Gasteiger partial charge < -0.3 is 5.11 Å². The van der Waals surface area contributed by atoms with Crippen LogP contribution in [-0.2, 0) is 10.0 Å². The van der Waals surface area contributed by atoms with E-state index in [0.29, 0.717) is 11.4 Å². The minimum atomic E-state index is -3.36. The van der Waals surface area contributed by atoms with Crippen molar-refractivity contribution in [2.24, 2.45) is 5.92 Å². The average molecular weight is 255 g/mol. The first-order chi connectivity index (χ1) is 7.96. The van der Waals surface area contributed by atoms with Gasteiger partial charge in [-0.15, -0.1) is 0 Å². The maximum atomic E-state index is 12.2. The van der Waals surface area contributed by atoms with Crippen LogP contribution in [0, 0.1) is 12.8 Å². The third-order valence-electron chi connectivity index (χ3n) is 3.18. The molecule has 1 fully saturated rings. The van der Waals surface area contributed by atoms with Crippen LogP contribution < -0.4 is 0 Å². The Morgan fingerprint density at radius 1 is 1.41 bits per heavy atom. The van der Waals surface area contributed by atoms with E-state index in [2.05, 4.69) is 0 Å². The molecule has 1 aliphatic heterocycles. The normalized spacial score (nSPS) is 25.6. The van der Waals surface area contributed by atoms with Crippen LogP contribution >= 0.6 is 0 Å². The molecule has 5 heteroatoms. The Morgan fingerprint density at radius 2 is 2.00 bits per heavy atom. The first kappa shape index (κ1) is 12.5. The molecule has 1 aromatic carbocycles. The lowest BCUT2D eigenvalue weighted by molar-refractivity contribution is 0.230. The fraction of sp³-hybridized carbons (Fsp3) is 0.500. The molecule has 0 spiro atoms. The predicted octanol–water partition coefficient (Wildman–Crippen LogP) is 0.996. The maximum Gasteiger partial charge on any atom is 0.243 e. The van der Waals surface area contributed by atoms with Gasteiger partial charge in [-0.2, -0.15) is 4.31 Å². The number of aryl methyl sites for hydroxylation is 1. The van der Waals surface area contributed by atoms with Gasteiger partial charge in [0.2, 0.25) is 10.0 Å². The van der Waals surface area contributed by atoms with Gasteiger partial charge in [0.05, 0.1) is 4.90 Å². The van der Waals surface area contributed by atoms with Gasteiger partial charge in [0.1, 0.15) is 0 Å². The largest absolute Gasteiger partial charge is 0.396 e. The SMILES string of the molecule is Cc1ccc(S(=O)(=O)N2C[C@@H]2[C@@H](C)CO)cc1. The molecular formula is C12H17NO3S. The molecular weight excluding hydrogens is 238 g/mol. The monoisotopic (exact) mass is 255 g/mol. The van der Waals surface area contributed by atoms with Crippen molar-refractivity contribution in [3.63, 3.8) is 0 Å². The van der Waals surface area contributed by atoms with Crippen molar-refractivity contribution in [2.75, 3.05) is 13.2 Å². The smallest absolute Gasteiger partial charge is 0.243 e. The van der Waals surface area contributed by atoms with E-state index in [1.165, 1.54) is 4.31 Å². The van der Waals surface area contributed by atoms with Crippen LogP contribution in [0.5, 0.6) is 0 Å². The molecule has 1 unspecified atom stereocenters. The second-order valence-corrected chi connectivity index (χ2v) is 6.51. The van der Waals surface area contributed by atoms with Crippen molar-refractivity contribution in [1.82, 2.24) is 4.31 Å². The van der Waals surface area contributed by atoms with Gasteiger partial charge in [0.15, 0.2) is 0 Å². The Kier molecular flexibility index (Phi) is 3.25. The van der Waals surface area contributed by atoms with Crippen LogP contribution in [0.15, 0.2) is 29.2 Å². The van der Waals surface area contributed by atoms with E-state index >= 15 is 0 Å². The van der Waals surface area contributed by atoms with Gasteiger partial charge in [-0.3, -0.25) is 0 Å². The zero-order valence-corrected chi connectivity index (χ0v) is 10.8. The summed E-state index contributed by atoms with van der Waals surface area (Å²) in [4.78, 5) is 0.329. The Morgan fingerprint density at radius 3 is 2.53 bits per heavy atom. The van der Waals surface area contributed by atoms with E-state index in [1.54, 1.807) is 24.3 Å². The molecule has 1 aliphatic rings. The van der Waals surface area contributed by atoms with Gasteiger partial charge in [-0.1, -0.05) is 24.6 Å². The Labute approximate surface area is 102 Å². The third-order valence-corrected chi connectivity index (χ3v) is 5.08. The summed E-state index contributed by atoms with van der Waals surface area (Å²) in [6, 6.07) is 6.79. The second kappa shape index (κ2) is 4.40. The highest BCUT2D eigenvalue weighted by Gasteiger charge is 2.47. The minimum absolute atomic E-state index is 0.00442. The first-order valence-corrected chi connectivity index (χ1v) is 7.10. The van der Waals surface area contributed by atoms with E-state index < -0.39 is 10.0 Å². The van der Waals surface area contributed by atoms with Crippen molar-refractivity contribution in [1.29, 1.82) is 0 Å². The highest BCUT2D eigenvalue weighted by Crippen LogP contribution is 2.32. The lowest BCUT2D eigenvalue weighted by atomic mass is 10.1. The van der Waals surface area contributed by atoms with Gasteiger partial charge >= 0.3 is 0 Å². The molecule has 1 N–H and O–H groups in total. The van der Waals surface area contributed by atoms with Crippen molar-refractivity contribution in [3.05, 3.63) is 29.8 Å². The summed E-state index contributed by atoms with van der Waals surface area (Å²) in [5.41, 5.74) is 1.04. The van der Waals surface area contributed by atoms with Crippen LogP contribution in [0.1, 0.15) is 12.5 Å². The standard InChI is InChI=1S/C12H17NO3S/c1-9-3-5-11(6-4-9)17(15,16)13-7-12(13)10(2)8-14/h3-6,10,12,14H,7-8H2,1-2H3/t10-,12+,13?/m0/s1. The molecule has 0 saturated carbocycles. The average Bonchev–Trinajstić information content (AvgIpc) is 3.09. The number of aliphatic hydroxyl groups excluding tert-OH is 1. The second-order valence-electron chi connectivity index (χ2n) is 4.61. The van der Waals surface area contributed by atoms with E-state index in [1.807, 2.05) is 13.8 Å². The summed E-state index contributed by atoms with van der Waals surface area (Å²) >= 11 is 0. The summed E-state index contributed by atoms with van der Waals surface area (Å²) < 4.78 is 25.8. The van der Waals surface area contributed by atoms with Crippen LogP contribution in [0.25, 0.3) is 0 Å². The minimum Gasteiger partial charge on any atom is -0.396 e. The number of aliphatic hydroxyl groups is 1. The number of rotatable bonds is 4. The molecule has 94 valence electrons. The topological polar surface area (TPSA) is 57.4 Å². The quantitative estimate of drug-likeness (QED) is 0.816. The van der Waals surface area contributed by atoms with E-state index in [0.717, 1.165) is 5.56 Å². The molecule has 3 atom stereocenters. The fourth-order valence-electron chi connectivity index (χ4n) is 1.84. The summed E-state index contributed by atoms with van der Waals surface area (Å²) in [5, 5.41) is 9.01. The van der Waals surface area contributed by atoms with E-state index in [9.17, 15) is 8.42 Å². The van der Waals surface area contributed by atoms with Gasteiger partial charge in [-0.05, 0) is 25.0 Å². The summed E-state index contributed by atoms with van der Waals surface area (Å²) in [5.74, 6) is -0.00442. The number of hydrogen-bond acceptors (Lipinski definition) is 3.